The number of nitrogens with one attached hydrogen (secondary N) is 1. The monoisotopic (exact) mass is 702 g/mol. The molecule has 1 fully saturated rings. The second-order valence-corrected chi connectivity index (χ2v) is 15.7. The van der Waals surface area contributed by atoms with E-state index in [1.54, 1.807) is 19.2 Å². The highest BCUT2D eigenvalue weighted by molar-refractivity contribution is 7.87. The van der Waals surface area contributed by atoms with Crippen molar-refractivity contribution < 1.29 is 33.0 Å². The van der Waals surface area contributed by atoms with Gasteiger partial charge in [0.1, 0.15) is 12.4 Å². The van der Waals surface area contributed by atoms with E-state index in [0.29, 0.717) is 48.9 Å². The van der Waals surface area contributed by atoms with E-state index in [9.17, 15) is 28.2 Å². The van der Waals surface area contributed by atoms with E-state index in [1.165, 1.54) is 25.1 Å². The normalized spacial score (nSPS) is 26.6. The molecule has 2 bridgehead atoms. The molecule has 2 aliphatic heterocycles. The van der Waals surface area contributed by atoms with Gasteiger partial charge >= 0.3 is 10.2 Å². The molecule has 3 N–H and O–H groups in total. The fourth-order valence-electron chi connectivity index (χ4n) is 6.66. The third-order valence-electron chi connectivity index (χ3n) is 9.93. The smallest absolute Gasteiger partial charge is 0.303 e. The fourth-order valence-corrected chi connectivity index (χ4v) is 7.44. The maximum Gasteiger partial charge on any atom is 0.303 e. The van der Waals surface area contributed by atoms with E-state index in [4.69, 9.17) is 16.3 Å². The standard InChI is InChI=1S/C35H47ClN4O7S/c1-38(2)48(45,46)37-34(43)35(44)21-33(42)39(3)17-7-4-5-10-31(41)29-15-12-25(29)22-40-18-8-6-9-24-19-28(36)14-11-26(24)23-47-32-16-13-27(35)20-30(32)40/h5,10-11,13-14,16,19-20,25,29,31,41,44H,4,6-9,12,15,17-18,21-23H2,1-3H3,(H,37,43)/b10-5+/t25-,29+,31-,35+/m0/s1. The van der Waals surface area contributed by atoms with Gasteiger partial charge in [-0.3, -0.25) is 9.59 Å². The Morgan fingerprint density at radius 3 is 2.60 bits per heavy atom. The SMILES string of the molecule is CN1CCC/C=C/[C@H](O)[C@@H]2CC[C@H]2CN2CCCCc3cc(Cl)ccc3COc3ccc(cc32)[C@@](O)(C(=O)NS(=O)(=O)N(C)C)CC1=O. The van der Waals surface area contributed by atoms with Crippen LogP contribution < -0.4 is 14.4 Å². The Hall–Kier alpha value is -3.16. The molecule has 11 nitrogen and oxygen atoms in total. The van der Waals surface area contributed by atoms with E-state index in [0.717, 1.165) is 47.5 Å². The summed E-state index contributed by atoms with van der Waals surface area (Å²) in [4.78, 5) is 30.9. The van der Waals surface area contributed by atoms with Gasteiger partial charge in [-0.2, -0.15) is 12.7 Å². The lowest BCUT2D eigenvalue weighted by atomic mass is 9.70. The van der Waals surface area contributed by atoms with Gasteiger partial charge < -0.3 is 24.7 Å². The number of aryl methyl sites for hydroxylation is 1. The molecule has 0 radical (unpaired) electrons. The van der Waals surface area contributed by atoms with Gasteiger partial charge in [0.05, 0.1) is 18.2 Å². The van der Waals surface area contributed by atoms with Crippen molar-refractivity contribution in [2.45, 2.75) is 69.7 Å². The van der Waals surface area contributed by atoms with Crippen molar-refractivity contribution in [2.75, 3.05) is 45.7 Å². The first-order valence-corrected chi connectivity index (χ1v) is 18.5. The van der Waals surface area contributed by atoms with Gasteiger partial charge in [-0.25, -0.2) is 4.72 Å². The van der Waals surface area contributed by atoms with Gasteiger partial charge in [0.25, 0.3) is 5.91 Å². The van der Waals surface area contributed by atoms with Gasteiger partial charge in [0, 0.05) is 45.8 Å². The minimum atomic E-state index is -4.29. The van der Waals surface area contributed by atoms with Crippen LogP contribution >= 0.6 is 11.6 Å². The summed E-state index contributed by atoms with van der Waals surface area (Å²) in [6.45, 7) is 1.84. The Morgan fingerprint density at radius 1 is 1.08 bits per heavy atom. The van der Waals surface area contributed by atoms with Crippen LogP contribution in [0.4, 0.5) is 5.69 Å². The first-order valence-electron chi connectivity index (χ1n) is 16.6. The maximum absolute atomic E-state index is 13.8. The number of allylic oxidation sites excluding steroid dienone is 1. The molecule has 0 saturated heterocycles. The van der Waals surface area contributed by atoms with Crippen molar-refractivity contribution in [2.24, 2.45) is 11.8 Å². The number of aliphatic hydroxyl groups is 2. The summed E-state index contributed by atoms with van der Waals surface area (Å²) in [5.41, 5.74) is 0.281. The molecule has 0 aromatic heterocycles. The quantitative estimate of drug-likeness (QED) is 0.411. The summed E-state index contributed by atoms with van der Waals surface area (Å²) in [7, 11) is -0.178. The van der Waals surface area contributed by atoms with Gasteiger partial charge in [-0.05, 0) is 97.7 Å². The zero-order valence-electron chi connectivity index (χ0n) is 27.9. The third-order valence-corrected chi connectivity index (χ3v) is 11.6. The van der Waals surface area contributed by atoms with E-state index in [2.05, 4.69) is 4.90 Å². The Balaban J connectivity index is 1.62. The molecule has 0 spiro atoms. The molecule has 1 aliphatic carbocycles. The number of amides is 2. The van der Waals surface area contributed by atoms with Gasteiger partial charge in [0.15, 0.2) is 5.60 Å². The largest absolute Gasteiger partial charge is 0.487 e. The Kier molecular flexibility index (Phi) is 11.4. The molecule has 4 atom stereocenters. The molecule has 1 saturated carbocycles. The van der Waals surface area contributed by atoms with E-state index >= 15 is 0 Å². The second kappa shape index (κ2) is 15.2. The molecule has 2 aromatic carbocycles. The van der Waals surface area contributed by atoms with Crippen molar-refractivity contribution in [3.8, 4) is 5.75 Å². The molecule has 2 heterocycles. The number of nitrogens with zero attached hydrogens (tertiary/aromatic N) is 3. The van der Waals surface area contributed by atoms with Crippen LogP contribution in [-0.4, -0.2) is 86.5 Å². The summed E-state index contributed by atoms with van der Waals surface area (Å²) in [5.74, 6) is -0.963. The zero-order valence-corrected chi connectivity index (χ0v) is 29.5. The van der Waals surface area contributed by atoms with Crippen molar-refractivity contribution in [1.29, 1.82) is 0 Å². The van der Waals surface area contributed by atoms with Crippen LogP contribution in [0.3, 0.4) is 0 Å². The molecule has 262 valence electrons. The number of hydrogen-bond acceptors (Lipinski definition) is 8. The number of hydrogen-bond donors (Lipinski definition) is 3. The maximum atomic E-state index is 13.8. The molecule has 48 heavy (non-hydrogen) atoms. The number of fused-ring (bicyclic) bond motifs is 3. The number of carbonyl (C=O) groups is 2. The Bertz CT molecular complexity index is 1630. The number of carbonyl (C=O) groups excluding carboxylic acids is 2. The van der Waals surface area contributed by atoms with Gasteiger partial charge in [-0.1, -0.05) is 35.9 Å². The first kappa shape index (κ1) is 36.1. The predicted molar refractivity (Wildman–Crippen MR) is 185 cm³/mol. The lowest BCUT2D eigenvalue weighted by Gasteiger charge is -2.43. The van der Waals surface area contributed by atoms with Crippen molar-refractivity contribution in [3.05, 3.63) is 70.3 Å². The lowest BCUT2D eigenvalue weighted by Crippen LogP contribution is -2.51. The van der Waals surface area contributed by atoms with E-state index in [-0.39, 0.29) is 24.0 Å². The number of ether oxygens (including phenoxy) is 1. The van der Waals surface area contributed by atoms with Crippen LogP contribution in [0, 0.1) is 11.8 Å². The summed E-state index contributed by atoms with van der Waals surface area (Å²) >= 11 is 6.34. The highest BCUT2D eigenvalue weighted by atomic mass is 35.5. The minimum absolute atomic E-state index is 0.0706. The van der Waals surface area contributed by atoms with Gasteiger partial charge in [0.2, 0.25) is 5.91 Å². The van der Waals surface area contributed by atoms with Crippen LogP contribution in [0.2, 0.25) is 5.02 Å². The van der Waals surface area contributed by atoms with Crippen LogP contribution in [0.15, 0.2) is 48.6 Å². The van der Waals surface area contributed by atoms with Crippen LogP contribution in [0.5, 0.6) is 5.75 Å². The van der Waals surface area contributed by atoms with Crippen molar-refractivity contribution in [3.63, 3.8) is 0 Å². The van der Waals surface area contributed by atoms with Gasteiger partial charge in [-0.15, -0.1) is 0 Å². The average Bonchev–Trinajstić information content (AvgIpc) is 3.05. The summed E-state index contributed by atoms with van der Waals surface area (Å²) in [5, 5.41) is 23.9. The molecule has 2 aromatic rings. The Morgan fingerprint density at radius 2 is 1.88 bits per heavy atom. The van der Waals surface area contributed by atoms with Crippen LogP contribution in [0.25, 0.3) is 0 Å². The summed E-state index contributed by atoms with van der Waals surface area (Å²) in [6.07, 6.45) is 8.16. The molecule has 13 heteroatoms. The number of benzene rings is 2. The average molecular weight is 703 g/mol. The molecule has 0 unspecified atom stereocenters. The van der Waals surface area contributed by atoms with Crippen LogP contribution in [0.1, 0.15) is 61.6 Å². The van der Waals surface area contributed by atoms with Crippen molar-refractivity contribution in [1.82, 2.24) is 13.9 Å². The summed E-state index contributed by atoms with van der Waals surface area (Å²) < 4.78 is 34.7. The third kappa shape index (κ3) is 8.16. The molecular weight excluding hydrogens is 656 g/mol. The molecule has 3 aliphatic rings. The zero-order chi connectivity index (χ0) is 34.6. The lowest BCUT2D eigenvalue weighted by molar-refractivity contribution is -0.148. The number of anilines is 1. The predicted octanol–water partition coefficient (Wildman–Crippen LogP) is 3.76. The molecule has 5 rings (SSSR count). The molecular formula is C35H47ClN4O7S. The number of rotatable bonds is 3. The minimum Gasteiger partial charge on any atom is -0.487 e. The number of halogens is 1. The second-order valence-electron chi connectivity index (χ2n) is 13.4. The van der Waals surface area contributed by atoms with E-state index < -0.39 is 40.1 Å². The van der Waals surface area contributed by atoms with E-state index in [1.807, 2.05) is 35.1 Å². The fraction of sp³-hybridized carbons (Fsp3) is 0.543. The van der Waals surface area contributed by atoms with Crippen molar-refractivity contribution >= 4 is 39.3 Å². The first-order chi connectivity index (χ1) is 22.8. The number of aliphatic hydroxyl groups excluding tert-OH is 1. The Labute approximate surface area is 288 Å². The summed E-state index contributed by atoms with van der Waals surface area (Å²) in [6, 6.07) is 10.6. The topological polar surface area (TPSA) is 140 Å². The highest BCUT2D eigenvalue weighted by Gasteiger charge is 2.44. The van der Waals surface area contributed by atoms with Crippen LogP contribution in [-0.2, 0) is 38.4 Å². The highest BCUT2D eigenvalue weighted by Crippen LogP contribution is 2.42. The molecule has 2 amide bonds.